The predicted octanol–water partition coefficient (Wildman–Crippen LogP) is 3.47. The van der Waals surface area contributed by atoms with Crippen molar-refractivity contribution in [2.75, 3.05) is 10.2 Å². The van der Waals surface area contributed by atoms with Crippen LogP contribution in [-0.4, -0.2) is 21.9 Å². The van der Waals surface area contributed by atoms with Crippen molar-refractivity contribution in [3.8, 4) is 0 Å². The van der Waals surface area contributed by atoms with E-state index < -0.39 is 0 Å². The molecule has 0 saturated carbocycles. The van der Waals surface area contributed by atoms with E-state index in [4.69, 9.17) is 0 Å². The highest BCUT2D eigenvalue weighted by molar-refractivity contribution is 5.93. The number of hydrogen-bond acceptors (Lipinski definition) is 4. The van der Waals surface area contributed by atoms with Crippen LogP contribution in [0.25, 0.3) is 0 Å². The fourth-order valence-electron chi connectivity index (χ4n) is 3.33. The summed E-state index contributed by atoms with van der Waals surface area (Å²) in [5.74, 6) is 0.196. The summed E-state index contributed by atoms with van der Waals surface area (Å²) in [6, 6.07) is 6.16. The Kier molecular flexibility index (Phi) is 4.22. The lowest BCUT2D eigenvalue weighted by Crippen LogP contribution is -2.48. The number of amides is 1. The van der Waals surface area contributed by atoms with Gasteiger partial charge in [-0.2, -0.15) is 0 Å². The summed E-state index contributed by atoms with van der Waals surface area (Å²) >= 11 is 0. The van der Waals surface area contributed by atoms with Gasteiger partial charge in [0.15, 0.2) is 0 Å². The van der Waals surface area contributed by atoms with Gasteiger partial charge in [-0.25, -0.2) is 14.4 Å². The van der Waals surface area contributed by atoms with Crippen LogP contribution in [0.5, 0.6) is 0 Å². The minimum absolute atomic E-state index is 0.0252. The second-order valence-corrected chi connectivity index (χ2v) is 6.34. The molecule has 2 unspecified atom stereocenters. The van der Waals surface area contributed by atoms with Gasteiger partial charge in [-0.1, -0.05) is 6.92 Å². The van der Waals surface area contributed by atoms with E-state index in [0.717, 1.165) is 16.9 Å². The minimum Gasteiger partial charge on any atom is -0.347 e. The molecule has 3 rings (SSSR count). The Hall–Kier alpha value is -2.50. The van der Waals surface area contributed by atoms with E-state index >= 15 is 0 Å². The number of aromatic nitrogens is 2. The van der Waals surface area contributed by atoms with E-state index in [9.17, 15) is 9.18 Å². The molecule has 5 nitrogen and oxygen atoms in total. The molecule has 3 atom stereocenters. The zero-order valence-corrected chi connectivity index (χ0v) is 14.2. The third-order valence-electron chi connectivity index (χ3n) is 4.70. The van der Waals surface area contributed by atoms with Crippen LogP contribution >= 0.6 is 0 Å². The van der Waals surface area contributed by atoms with Crippen molar-refractivity contribution in [3.05, 3.63) is 47.5 Å². The highest BCUT2D eigenvalue weighted by Gasteiger charge is 2.38. The van der Waals surface area contributed by atoms with Crippen LogP contribution < -0.4 is 10.2 Å². The summed E-state index contributed by atoms with van der Waals surface area (Å²) in [5.41, 5.74) is 2.34. The van der Waals surface area contributed by atoms with Crippen molar-refractivity contribution in [2.24, 2.45) is 5.92 Å². The number of rotatable bonds is 2. The van der Waals surface area contributed by atoms with Gasteiger partial charge >= 0.3 is 0 Å². The van der Waals surface area contributed by atoms with Crippen LogP contribution in [0, 0.1) is 18.7 Å². The Bertz CT molecular complexity index is 779. The first-order valence-electron chi connectivity index (χ1n) is 8.04. The van der Waals surface area contributed by atoms with Crippen LogP contribution in [0.3, 0.4) is 0 Å². The second-order valence-electron chi connectivity index (χ2n) is 6.34. The highest BCUT2D eigenvalue weighted by Crippen LogP contribution is 2.42. The number of benzene rings is 1. The van der Waals surface area contributed by atoms with Gasteiger partial charge < -0.3 is 10.2 Å². The molecule has 0 fully saturated rings. The van der Waals surface area contributed by atoms with Crippen molar-refractivity contribution in [1.82, 2.24) is 9.97 Å². The quantitative estimate of drug-likeness (QED) is 0.917. The summed E-state index contributed by atoms with van der Waals surface area (Å²) in [6.07, 6.45) is 1.69. The molecule has 2 heterocycles. The number of carbonyl (C=O) groups excluding carboxylic acids is 1. The largest absolute Gasteiger partial charge is 0.347 e. The van der Waals surface area contributed by atoms with Crippen LogP contribution in [0.2, 0.25) is 0 Å². The molecule has 0 aliphatic carbocycles. The molecule has 0 radical (unpaired) electrons. The predicted molar refractivity (Wildman–Crippen MR) is 91.3 cm³/mol. The lowest BCUT2D eigenvalue weighted by molar-refractivity contribution is -0.117. The number of aryl methyl sites for hydroxylation is 1. The Morgan fingerprint density at radius 3 is 2.71 bits per heavy atom. The molecule has 1 amide bonds. The van der Waals surface area contributed by atoms with E-state index in [-0.39, 0.29) is 29.7 Å². The number of hydrogen-bond donors (Lipinski definition) is 1. The van der Waals surface area contributed by atoms with Gasteiger partial charge in [-0.15, -0.1) is 0 Å². The number of nitrogens with one attached hydrogen (secondary N) is 1. The molecule has 2 aromatic rings. The molecule has 1 aliphatic heterocycles. The Labute approximate surface area is 140 Å². The zero-order valence-electron chi connectivity index (χ0n) is 14.2. The third-order valence-corrected chi connectivity index (χ3v) is 4.70. The molecule has 24 heavy (non-hydrogen) atoms. The number of anilines is 2. The number of fused-ring (bicyclic) bond motifs is 1. The zero-order chi connectivity index (χ0) is 17.4. The highest BCUT2D eigenvalue weighted by atomic mass is 19.1. The van der Waals surface area contributed by atoms with Gasteiger partial charge in [0, 0.05) is 42.0 Å². The molecule has 1 aliphatic rings. The summed E-state index contributed by atoms with van der Waals surface area (Å²) in [4.78, 5) is 22.5. The Morgan fingerprint density at radius 2 is 2.04 bits per heavy atom. The summed E-state index contributed by atoms with van der Waals surface area (Å²) in [5, 5.41) is 3.32. The van der Waals surface area contributed by atoms with Crippen molar-refractivity contribution >= 4 is 17.5 Å². The fraction of sp³-hybridized carbons (Fsp3) is 0.389. The van der Waals surface area contributed by atoms with Gasteiger partial charge in [0.05, 0.1) is 6.04 Å². The van der Waals surface area contributed by atoms with Gasteiger partial charge in [0.2, 0.25) is 11.9 Å². The number of carbonyl (C=O) groups is 1. The molecule has 1 aromatic heterocycles. The van der Waals surface area contributed by atoms with Gasteiger partial charge in [0.25, 0.3) is 0 Å². The summed E-state index contributed by atoms with van der Waals surface area (Å²) in [7, 11) is 0. The Morgan fingerprint density at radius 1 is 1.29 bits per heavy atom. The first-order chi connectivity index (χ1) is 11.4. The van der Waals surface area contributed by atoms with Crippen LogP contribution in [-0.2, 0) is 4.79 Å². The normalized spacial score (nSPS) is 22.9. The Balaban J connectivity index is 2.07. The maximum Gasteiger partial charge on any atom is 0.224 e. The fourth-order valence-corrected chi connectivity index (χ4v) is 3.33. The van der Waals surface area contributed by atoms with Gasteiger partial charge in [-0.3, -0.25) is 4.79 Å². The average molecular weight is 328 g/mol. The van der Waals surface area contributed by atoms with E-state index in [0.29, 0.717) is 5.95 Å². The molecule has 126 valence electrons. The first kappa shape index (κ1) is 16.4. The maximum atomic E-state index is 13.9. The third kappa shape index (κ3) is 2.84. The minimum atomic E-state index is -0.323. The molecular formula is C18H21FN4O. The molecular weight excluding hydrogens is 307 g/mol. The second kappa shape index (κ2) is 6.19. The molecule has 0 saturated heterocycles. The van der Waals surface area contributed by atoms with Crippen LogP contribution in [0.15, 0.2) is 30.5 Å². The molecule has 6 heteroatoms. The molecule has 0 bridgehead atoms. The van der Waals surface area contributed by atoms with Crippen molar-refractivity contribution in [2.45, 2.75) is 39.8 Å². The first-order valence-corrected chi connectivity index (χ1v) is 8.04. The SMILES string of the molecule is CC(=O)N1c2ccc(F)cc2C(Nc2nccc(C)n2)C(C)[C@@H]1C. The monoisotopic (exact) mass is 328 g/mol. The van der Waals surface area contributed by atoms with E-state index in [1.165, 1.54) is 19.1 Å². The molecule has 0 spiro atoms. The van der Waals surface area contributed by atoms with Crippen LogP contribution in [0.1, 0.15) is 38.1 Å². The van der Waals surface area contributed by atoms with Gasteiger partial charge in [0.1, 0.15) is 5.82 Å². The summed E-state index contributed by atoms with van der Waals surface area (Å²) in [6.45, 7) is 7.48. The standard InChI is InChI=1S/C18H21FN4O/c1-10-7-8-20-18(21-10)22-17-11(2)12(3)23(13(4)24)16-6-5-14(19)9-15(16)17/h5-9,11-12,17H,1-4H3,(H,20,21,22)/t11?,12-,17?/m0/s1. The molecule has 1 N–H and O–H groups in total. The lowest BCUT2D eigenvalue weighted by atomic mass is 9.83. The summed E-state index contributed by atoms with van der Waals surface area (Å²) < 4.78 is 13.9. The average Bonchev–Trinajstić information content (AvgIpc) is 2.52. The van der Waals surface area contributed by atoms with Gasteiger partial charge in [-0.05, 0) is 38.1 Å². The van der Waals surface area contributed by atoms with Crippen molar-refractivity contribution in [3.63, 3.8) is 0 Å². The number of halogens is 1. The van der Waals surface area contributed by atoms with Crippen molar-refractivity contribution in [1.29, 1.82) is 0 Å². The van der Waals surface area contributed by atoms with E-state index in [1.807, 2.05) is 26.8 Å². The van der Waals surface area contributed by atoms with Crippen LogP contribution in [0.4, 0.5) is 16.0 Å². The van der Waals surface area contributed by atoms with Crippen molar-refractivity contribution < 1.29 is 9.18 Å². The smallest absolute Gasteiger partial charge is 0.224 e. The van der Waals surface area contributed by atoms with E-state index in [2.05, 4.69) is 15.3 Å². The maximum absolute atomic E-state index is 13.9. The lowest BCUT2D eigenvalue weighted by Gasteiger charge is -2.43. The molecule has 1 aromatic carbocycles. The van der Waals surface area contributed by atoms with E-state index in [1.54, 1.807) is 17.2 Å². The topological polar surface area (TPSA) is 58.1 Å². The number of nitrogens with zero attached hydrogens (tertiary/aromatic N) is 3.